The summed E-state index contributed by atoms with van der Waals surface area (Å²) in [5.41, 5.74) is 2.06. The highest BCUT2D eigenvalue weighted by molar-refractivity contribution is 6.31. The predicted octanol–water partition coefficient (Wildman–Crippen LogP) is 4.88. The third-order valence-electron chi connectivity index (χ3n) is 4.64. The topological polar surface area (TPSA) is 47.3 Å². The number of hydrogen-bond donors (Lipinski definition) is 0. The molecule has 4 aromatic rings. The Balaban J connectivity index is 1.76. The van der Waals surface area contributed by atoms with Crippen LogP contribution in [0.3, 0.4) is 0 Å². The van der Waals surface area contributed by atoms with Crippen molar-refractivity contribution in [2.24, 2.45) is 0 Å². The molecule has 0 spiro atoms. The van der Waals surface area contributed by atoms with Crippen molar-refractivity contribution >= 4 is 22.3 Å². The fourth-order valence-electron chi connectivity index (χ4n) is 3.44. The molecule has 0 fully saturated rings. The minimum absolute atomic E-state index is 0.131. The molecule has 3 aromatic carbocycles. The van der Waals surface area contributed by atoms with E-state index in [1.807, 2.05) is 60.7 Å². The average molecular weight is 324 g/mol. The zero-order valence-corrected chi connectivity index (χ0v) is 13.2. The Morgan fingerprint density at radius 2 is 1.44 bits per heavy atom. The van der Waals surface area contributed by atoms with E-state index in [9.17, 15) is 9.59 Å². The van der Waals surface area contributed by atoms with Crippen LogP contribution >= 0.6 is 0 Å². The van der Waals surface area contributed by atoms with E-state index >= 15 is 0 Å². The molecule has 0 radical (unpaired) electrons. The summed E-state index contributed by atoms with van der Waals surface area (Å²) in [5, 5.41) is 1.74. The summed E-state index contributed by atoms with van der Waals surface area (Å²) < 4.78 is 5.77. The van der Waals surface area contributed by atoms with Crippen LogP contribution in [0.15, 0.2) is 77.2 Å². The highest BCUT2D eigenvalue weighted by Gasteiger charge is 2.35. The molecule has 1 aliphatic rings. The fourth-order valence-corrected chi connectivity index (χ4v) is 3.44. The van der Waals surface area contributed by atoms with Crippen LogP contribution in [0.1, 0.15) is 32.0 Å². The first-order chi connectivity index (χ1) is 12.2. The van der Waals surface area contributed by atoms with E-state index < -0.39 is 0 Å². The lowest BCUT2D eigenvalue weighted by Crippen LogP contribution is -2.19. The van der Waals surface area contributed by atoms with Crippen LogP contribution in [-0.2, 0) is 0 Å². The van der Waals surface area contributed by atoms with Crippen LogP contribution < -0.4 is 0 Å². The van der Waals surface area contributed by atoms with Crippen molar-refractivity contribution in [3.8, 4) is 11.3 Å². The van der Waals surface area contributed by atoms with Gasteiger partial charge < -0.3 is 4.42 Å². The molecule has 118 valence electrons. The highest BCUT2D eigenvalue weighted by atomic mass is 16.3. The number of hydrogen-bond acceptors (Lipinski definition) is 3. The van der Waals surface area contributed by atoms with Crippen molar-refractivity contribution in [2.75, 3.05) is 0 Å². The van der Waals surface area contributed by atoms with Crippen LogP contribution in [0.25, 0.3) is 22.1 Å². The van der Waals surface area contributed by atoms with Gasteiger partial charge in [-0.25, -0.2) is 0 Å². The molecule has 0 aliphatic heterocycles. The van der Waals surface area contributed by atoms with Crippen LogP contribution in [-0.4, -0.2) is 11.6 Å². The molecule has 0 saturated carbocycles. The molecule has 0 saturated heterocycles. The SMILES string of the molecule is O=C1c2ccc3ccccc3c2C(=O)c2cc(-c3ccccc3)oc21. The molecular formula is C22H12O3. The van der Waals surface area contributed by atoms with Gasteiger partial charge in [0.25, 0.3) is 0 Å². The maximum atomic E-state index is 13.1. The Bertz CT molecular complexity index is 1170. The van der Waals surface area contributed by atoms with Gasteiger partial charge >= 0.3 is 0 Å². The Kier molecular flexibility index (Phi) is 2.80. The van der Waals surface area contributed by atoms with Crippen LogP contribution in [0.5, 0.6) is 0 Å². The zero-order valence-electron chi connectivity index (χ0n) is 13.2. The molecule has 1 aromatic heterocycles. The number of furan rings is 1. The van der Waals surface area contributed by atoms with E-state index in [4.69, 9.17) is 4.42 Å². The monoisotopic (exact) mass is 324 g/mol. The van der Waals surface area contributed by atoms with E-state index in [2.05, 4.69) is 0 Å². The normalized spacial score (nSPS) is 13.0. The first-order valence-electron chi connectivity index (χ1n) is 8.04. The molecule has 3 nitrogen and oxygen atoms in total. The summed E-state index contributed by atoms with van der Waals surface area (Å²) in [7, 11) is 0. The number of carbonyl (C=O) groups is 2. The lowest BCUT2D eigenvalue weighted by atomic mass is 9.85. The maximum Gasteiger partial charge on any atom is 0.229 e. The second-order valence-corrected chi connectivity index (χ2v) is 6.09. The summed E-state index contributed by atoms with van der Waals surface area (Å²) in [6, 6.07) is 22.3. The Morgan fingerprint density at radius 3 is 2.28 bits per heavy atom. The molecule has 5 rings (SSSR count). The van der Waals surface area contributed by atoms with E-state index in [1.165, 1.54) is 0 Å². The van der Waals surface area contributed by atoms with Crippen molar-refractivity contribution < 1.29 is 14.0 Å². The maximum absolute atomic E-state index is 13.1. The highest BCUT2D eigenvalue weighted by Crippen LogP contribution is 2.36. The van der Waals surface area contributed by atoms with Crippen molar-refractivity contribution in [1.82, 2.24) is 0 Å². The second-order valence-electron chi connectivity index (χ2n) is 6.09. The molecule has 0 bridgehead atoms. The Hall–Kier alpha value is -3.46. The third-order valence-corrected chi connectivity index (χ3v) is 4.64. The molecule has 0 N–H and O–H groups in total. The van der Waals surface area contributed by atoms with Crippen LogP contribution in [0.2, 0.25) is 0 Å². The lowest BCUT2D eigenvalue weighted by molar-refractivity contribution is 0.0962. The molecule has 25 heavy (non-hydrogen) atoms. The number of rotatable bonds is 1. The second kappa shape index (κ2) is 5.02. The zero-order chi connectivity index (χ0) is 17.0. The van der Waals surface area contributed by atoms with Crippen molar-refractivity contribution in [1.29, 1.82) is 0 Å². The Labute approximate surface area is 143 Å². The molecule has 0 amide bonds. The predicted molar refractivity (Wildman–Crippen MR) is 95.0 cm³/mol. The van der Waals surface area contributed by atoms with Crippen molar-refractivity contribution in [2.45, 2.75) is 0 Å². The summed E-state index contributed by atoms with van der Waals surface area (Å²) in [6.07, 6.45) is 0. The number of carbonyl (C=O) groups excluding carboxylic acids is 2. The van der Waals surface area contributed by atoms with E-state index in [0.717, 1.165) is 16.3 Å². The Morgan fingerprint density at radius 1 is 0.680 bits per heavy atom. The van der Waals surface area contributed by atoms with Crippen LogP contribution in [0, 0.1) is 0 Å². The molecule has 0 unspecified atom stereocenters. The third kappa shape index (κ3) is 1.93. The largest absolute Gasteiger partial charge is 0.452 e. The van der Waals surface area contributed by atoms with E-state index in [1.54, 1.807) is 12.1 Å². The van der Waals surface area contributed by atoms with Gasteiger partial charge in [0.15, 0.2) is 11.5 Å². The van der Waals surface area contributed by atoms with Crippen molar-refractivity contribution in [3.05, 3.63) is 95.2 Å². The molecule has 0 atom stereocenters. The first-order valence-corrected chi connectivity index (χ1v) is 8.04. The van der Waals surface area contributed by atoms with Gasteiger partial charge in [-0.2, -0.15) is 0 Å². The molecule has 1 heterocycles. The fraction of sp³-hybridized carbons (Fsp3) is 0. The molecule has 3 heteroatoms. The smallest absolute Gasteiger partial charge is 0.229 e. The standard InChI is InChI=1S/C22H12O3/c23-20-17-12-18(14-7-2-1-3-8-14)25-22(17)21(24)16-11-10-13-6-4-5-9-15(13)19(16)20/h1-12H. The van der Waals surface area contributed by atoms with E-state index in [-0.39, 0.29) is 17.3 Å². The minimum atomic E-state index is -0.238. The molecular weight excluding hydrogens is 312 g/mol. The van der Waals surface area contributed by atoms with Crippen LogP contribution in [0.4, 0.5) is 0 Å². The lowest BCUT2D eigenvalue weighted by Gasteiger charge is -2.15. The van der Waals surface area contributed by atoms with Gasteiger partial charge in [0.2, 0.25) is 5.78 Å². The number of ketones is 2. The van der Waals surface area contributed by atoms with E-state index in [0.29, 0.717) is 22.5 Å². The van der Waals surface area contributed by atoms with Gasteiger partial charge in [-0.3, -0.25) is 9.59 Å². The number of fused-ring (bicyclic) bond motifs is 4. The van der Waals surface area contributed by atoms with Crippen molar-refractivity contribution in [3.63, 3.8) is 0 Å². The average Bonchev–Trinajstić information content (AvgIpc) is 3.12. The van der Waals surface area contributed by atoms with Gasteiger partial charge in [0.1, 0.15) is 5.76 Å². The quantitative estimate of drug-likeness (QED) is 0.442. The summed E-state index contributed by atoms with van der Waals surface area (Å²) in [6.45, 7) is 0. The summed E-state index contributed by atoms with van der Waals surface area (Å²) >= 11 is 0. The minimum Gasteiger partial charge on any atom is -0.452 e. The summed E-state index contributed by atoms with van der Waals surface area (Å²) in [4.78, 5) is 26.0. The number of benzene rings is 3. The van der Waals surface area contributed by atoms with Gasteiger partial charge in [0.05, 0.1) is 5.56 Å². The molecule has 1 aliphatic carbocycles. The van der Waals surface area contributed by atoms with Gasteiger partial charge in [-0.05, 0) is 22.9 Å². The summed E-state index contributed by atoms with van der Waals surface area (Å²) in [5.74, 6) is 0.265. The van der Waals surface area contributed by atoms with Gasteiger partial charge in [-0.1, -0.05) is 60.7 Å². The van der Waals surface area contributed by atoms with Gasteiger partial charge in [0, 0.05) is 16.7 Å². The first kappa shape index (κ1) is 13.9. The van der Waals surface area contributed by atoms with Gasteiger partial charge in [-0.15, -0.1) is 0 Å².